The Hall–Kier alpha value is -1.26. The lowest BCUT2D eigenvalue weighted by molar-refractivity contribution is -0.100. The van der Waals surface area contributed by atoms with Crippen LogP contribution in [0, 0.1) is 5.82 Å². The Kier molecular flexibility index (Phi) is 2.21. The zero-order valence-electron chi connectivity index (χ0n) is 5.82. The maximum absolute atomic E-state index is 12.6. The van der Waals surface area contributed by atoms with Gasteiger partial charge in [0.25, 0.3) is 0 Å². The highest BCUT2D eigenvalue weighted by Crippen LogP contribution is 2.21. The summed E-state index contributed by atoms with van der Waals surface area (Å²) in [6.07, 6.45) is -4.60. The van der Waals surface area contributed by atoms with Gasteiger partial charge in [0.05, 0.1) is 5.69 Å². The predicted octanol–water partition coefficient (Wildman–Crippen LogP) is 2.76. The van der Waals surface area contributed by atoms with Gasteiger partial charge in [0.1, 0.15) is 5.82 Å². The van der Waals surface area contributed by atoms with Crippen molar-refractivity contribution in [1.29, 1.82) is 0 Å². The first-order chi connectivity index (χ1) is 5.49. The van der Waals surface area contributed by atoms with Gasteiger partial charge >= 0.3 is 6.30 Å². The molecule has 0 saturated carbocycles. The molecule has 0 atom stereocenters. The molecule has 0 saturated heterocycles. The Morgan fingerprint density at radius 2 is 1.67 bits per heavy atom. The van der Waals surface area contributed by atoms with Crippen LogP contribution in [0.1, 0.15) is 0 Å². The van der Waals surface area contributed by atoms with Crippen LogP contribution in [0.4, 0.5) is 23.2 Å². The monoisotopic (exact) mass is 179 g/mol. The van der Waals surface area contributed by atoms with Gasteiger partial charge < -0.3 is 0 Å². The first-order valence-electron chi connectivity index (χ1n) is 3.08. The van der Waals surface area contributed by atoms with Gasteiger partial charge in [-0.3, -0.25) is 5.32 Å². The molecule has 1 rings (SSSR count). The highest BCUT2D eigenvalue weighted by molar-refractivity contribution is 5.44. The fourth-order valence-corrected chi connectivity index (χ4v) is 0.715. The van der Waals surface area contributed by atoms with Crippen molar-refractivity contribution in [1.82, 2.24) is 0 Å². The van der Waals surface area contributed by atoms with Crippen molar-refractivity contribution in [3.63, 3.8) is 0 Å². The third kappa shape index (κ3) is 2.41. The molecular formula is C7H5F4N. The predicted molar refractivity (Wildman–Crippen MR) is 36.1 cm³/mol. The highest BCUT2D eigenvalue weighted by atomic mass is 19.4. The molecule has 0 aliphatic carbocycles. The normalized spacial score (nSPS) is 11.3. The lowest BCUT2D eigenvalue weighted by atomic mass is 10.3. The Bertz CT molecular complexity index is 268. The molecule has 66 valence electrons. The van der Waals surface area contributed by atoms with Gasteiger partial charge in [-0.1, -0.05) is 12.1 Å². The van der Waals surface area contributed by atoms with Gasteiger partial charge in [-0.25, -0.2) is 4.39 Å². The number of nitrogens with one attached hydrogen (secondary N) is 1. The van der Waals surface area contributed by atoms with E-state index in [2.05, 4.69) is 0 Å². The van der Waals surface area contributed by atoms with Crippen LogP contribution in [0.5, 0.6) is 0 Å². The average molecular weight is 179 g/mol. The second kappa shape index (κ2) is 3.00. The quantitative estimate of drug-likeness (QED) is 0.516. The van der Waals surface area contributed by atoms with E-state index >= 15 is 0 Å². The number of alkyl halides is 3. The Morgan fingerprint density at radius 3 is 2.17 bits per heavy atom. The zero-order valence-corrected chi connectivity index (χ0v) is 5.82. The number of halogens is 4. The third-order valence-electron chi connectivity index (χ3n) is 1.15. The van der Waals surface area contributed by atoms with E-state index in [-0.39, 0.29) is 0 Å². The molecule has 1 aromatic rings. The van der Waals surface area contributed by atoms with Gasteiger partial charge in [0, 0.05) is 0 Å². The van der Waals surface area contributed by atoms with Crippen molar-refractivity contribution >= 4 is 5.69 Å². The Morgan fingerprint density at radius 1 is 1.08 bits per heavy atom. The van der Waals surface area contributed by atoms with E-state index in [1.165, 1.54) is 12.1 Å². The molecule has 1 nitrogen and oxygen atoms in total. The summed E-state index contributed by atoms with van der Waals surface area (Å²) in [5.41, 5.74) is -0.565. The van der Waals surface area contributed by atoms with Crippen LogP contribution in [0.3, 0.4) is 0 Å². The maximum atomic E-state index is 12.6. The third-order valence-corrected chi connectivity index (χ3v) is 1.15. The summed E-state index contributed by atoms with van der Waals surface area (Å²) in [6, 6.07) is 4.60. The van der Waals surface area contributed by atoms with Crippen molar-refractivity contribution in [3.8, 4) is 0 Å². The van der Waals surface area contributed by atoms with Crippen molar-refractivity contribution in [2.75, 3.05) is 5.32 Å². The highest BCUT2D eigenvalue weighted by Gasteiger charge is 2.27. The summed E-state index contributed by atoms with van der Waals surface area (Å²) in [5, 5.41) is 1.07. The smallest absolute Gasteiger partial charge is 0.295 e. The molecule has 0 radical (unpaired) electrons. The topological polar surface area (TPSA) is 12.0 Å². The fraction of sp³-hybridized carbons (Fsp3) is 0.143. The molecular weight excluding hydrogens is 174 g/mol. The second-order valence-corrected chi connectivity index (χ2v) is 2.10. The molecule has 1 N–H and O–H groups in total. The van der Waals surface area contributed by atoms with Gasteiger partial charge in [-0.2, -0.15) is 13.2 Å². The van der Waals surface area contributed by atoms with Crippen molar-refractivity contribution in [3.05, 3.63) is 30.1 Å². The van der Waals surface area contributed by atoms with Crippen LogP contribution >= 0.6 is 0 Å². The van der Waals surface area contributed by atoms with E-state index in [9.17, 15) is 17.6 Å². The number of rotatable bonds is 1. The zero-order chi connectivity index (χ0) is 9.19. The Balaban J connectivity index is 2.83. The lowest BCUT2D eigenvalue weighted by Gasteiger charge is -2.09. The average Bonchev–Trinajstić information content (AvgIpc) is 1.91. The minimum atomic E-state index is -4.60. The molecule has 1 aromatic carbocycles. The van der Waals surface area contributed by atoms with Gasteiger partial charge in [0.15, 0.2) is 0 Å². The molecule has 0 spiro atoms. The van der Waals surface area contributed by atoms with Crippen molar-refractivity contribution < 1.29 is 17.6 Å². The van der Waals surface area contributed by atoms with Crippen molar-refractivity contribution in [2.45, 2.75) is 6.30 Å². The van der Waals surface area contributed by atoms with E-state index in [1.807, 2.05) is 0 Å². The van der Waals surface area contributed by atoms with Gasteiger partial charge in [-0.05, 0) is 12.1 Å². The van der Waals surface area contributed by atoms with Gasteiger partial charge in [0.2, 0.25) is 0 Å². The minimum Gasteiger partial charge on any atom is -0.295 e. The van der Waals surface area contributed by atoms with E-state index in [1.54, 1.807) is 0 Å². The molecule has 5 heteroatoms. The van der Waals surface area contributed by atoms with E-state index in [0.717, 1.165) is 17.4 Å². The van der Waals surface area contributed by atoms with Crippen LogP contribution < -0.4 is 5.32 Å². The summed E-state index contributed by atoms with van der Waals surface area (Å²) in [6.45, 7) is 0. The molecule has 0 amide bonds. The summed E-state index contributed by atoms with van der Waals surface area (Å²) in [7, 11) is 0. The fourth-order valence-electron chi connectivity index (χ4n) is 0.715. The van der Waals surface area contributed by atoms with E-state index in [0.29, 0.717) is 0 Å². The molecule has 0 unspecified atom stereocenters. The number of para-hydroxylation sites is 1. The molecule has 0 heterocycles. The summed E-state index contributed by atoms with van der Waals surface area (Å²) in [5.74, 6) is -0.921. The largest absolute Gasteiger partial charge is 0.482 e. The van der Waals surface area contributed by atoms with E-state index in [4.69, 9.17) is 0 Å². The molecule has 0 fully saturated rings. The van der Waals surface area contributed by atoms with Crippen LogP contribution in [0.15, 0.2) is 24.3 Å². The Labute approximate surface area is 66.0 Å². The number of hydrogen-bond acceptors (Lipinski definition) is 1. The van der Waals surface area contributed by atoms with Crippen LogP contribution in [0.25, 0.3) is 0 Å². The first-order valence-corrected chi connectivity index (χ1v) is 3.08. The molecule has 0 bridgehead atoms. The lowest BCUT2D eigenvalue weighted by Crippen LogP contribution is -2.21. The van der Waals surface area contributed by atoms with Crippen molar-refractivity contribution in [2.24, 2.45) is 0 Å². The van der Waals surface area contributed by atoms with Crippen LogP contribution in [-0.4, -0.2) is 6.30 Å². The van der Waals surface area contributed by atoms with Crippen LogP contribution in [0.2, 0.25) is 0 Å². The maximum Gasteiger partial charge on any atom is 0.482 e. The van der Waals surface area contributed by atoms with Gasteiger partial charge in [-0.15, -0.1) is 0 Å². The molecule has 0 aliphatic rings. The molecule has 0 aliphatic heterocycles. The first kappa shape index (κ1) is 8.83. The molecule has 12 heavy (non-hydrogen) atoms. The number of benzene rings is 1. The van der Waals surface area contributed by atoms with E-state index < -0.39 is 17.8 Å². The standard InChI is InChI=1S/C7H5F4N/c8-5-3-1-2-4-6(5)12-7(9,10)11/h1-4,12H. The number of hydrogen-bond donors (Lipinski definition) is 1. The summed E-state index contributed by atoms with van der Waals surface area (Å²) < 4.78 is 47.5. The molecule has 0 aromatic heterocycles. The SMILES string of the molecule is Fc1ccccc1NC(F)(F)F. The summed E-state index contributed by atoms with van der Waals surface area (Å²) >= 11 is 0. The van der Waals surface area contributed by atoms with Crippen LogP contribution in [-0.2, 0) is 0 Å². The second-order valence-electron chi connectivity index (χ2n) is 2.10. The minimum absolute atomic E-state index is 0.565. The summed E-state index contributed by atoms with van der Waals surface area (Å²) in [4.78, 5) is 0. The number of anilines is 1.